The Balaban J connectivity index is 1.37. The fourth-order valence-corrected chi connectivity index (χ4v) is 3.13. The van der Waals surface area contributed by atoms with Crippen LogP contribution in [0.3, 0.4) is 0 Å². The first-order valence-electron chi connectivity index (χ1n) is 8.90. The largest absolute Gasteiger partial charge is 0.454 e. The second-order valence-corrected chi connectivity index (χ2v) is 7.36. The predicted octanol–water partition coefficient (Wildman–Crippen LogP) is 4.24. The minimum Gasteiger partial charge on any atom is -0.454 e. The molecule has 10 nitrogen and oxygen atoms in total. The molecule has 3 heterocycles. The first kappa shape index (κ1) is 20.6. The first-order valence-corrected chi connectivity index (χ1v) is 9.66. The maximum absolute atomic E-state index is 12.4. The molecule has 4 rings (SSSR count). The molecule has 31 heavy (non-hydrogen) atoms. The van der Waals surface area contributed by atoms with Crippen LogP contribution in [-0.2, 0) is 13.1 Å². The molecular formula is C19H14Cl2N6O4. The number of nitro groups is 1. The zero-order valence-electron chi connectivity index (χ0n) is 15.7. The Hall–Kier alpha value is -3.63. The van der Waals surface area contributed by atoms with Gasteiger partial charge in [-0.05, 0) is 29.8 Å². The molecule has 0 bridgehead atoms. The summed E-state index contributed by atoms with van der Waals surface area (Å²) in [4.78, 5) is 22.6. The number of aromatic nitrogens is 4. The molecule has 158 valence electrons. The number of hydrogen-bond acceptors (Lipinski definition) is 6. The van der Waals surface area contributed by atoms with Crippen LogP contribution in [0.4, 0.5) is 11.4 Å². The van der Waals surface area contributed by atoms with Crippen LogP contribution < -0.4 is 5.32 Å². The van der Waals surface area contributed by atoms with E-state index in [1.807, 2.05) is 6.07 Å². The molecule has 0 aliphatic heterocycles. The van der Waals surface area contributed by atoms with Gasteiger partial charge in [-0.1, -0.05) is 29.3 Å². The van der Waals surface area contributed by atoms with Gasteiger partial charge >= 0.3 is 5.69 Å². The number of rotatable bonds is 7. The van der Waals surface area contributed by atoms with E-state index in [2.05, 4.69) is 15.5 Å². The predicted molar refractivity (Wildman–Crippen MR) is 112 cm³/mol. The van der Waals surface area contributed by atoms with Crippen molar-refractivity contribution in [3.63, 3.8) is 0 Å². The van der Waals surface area contributed by atoms with Gasteiger partial charge in [0.1, 0.15) is 18.2 Å². The van der Waals surface area contributed by atoms with Gasteiger partial charge in [-0.25, -0.2) is 0 Å². The molecule has 0 aliphatic rings. The molecule has 12 heteroatoms. The molecule has 4 aromatic rings. The summed E-state index contributed by atoms with van der Waals surface area (Å²) >= 11 is 11.9. The molecule has 3 aromatic heterocycles. The lowest BCUT2D eigenvalue weighted by atomic mass is 10.2. The maximum Gasteiger partial charge on any atom is 0.307 e. The topological polar surface area (TPSA) is 121 Å². The number of carbonyl (C=O) groups excluding carboxylic acids is 1. The van der Waals surface area contributed by atoms with Crippen LogP contribution in [-0.4, -0.2) is 30.4 Å². The van der Waals surface area contributed by atoms with Crippen molar-refractivity contribution >= 4 is 40.5 Å². The maximum atomic E-state index is 12.4. The molecule has 0 spiro atoms. The van der Waals surface area contributed by atoms with Gasteiger partial charge in [0.05, 0.1) is 39.9 Å². The quantitative estimate of drug-likeness (QED) is 0.325. The molecule has 1 aromatic carbocycles. The van der Waals surface area contributed by atoms with Crippen LogP contribution in [0.25, 0.3) is 0 Å². The Morgan fingerprint density at radius 1 is 1.06 bits per heavy atom. The van der Waals surface area contributed by atoms with Crippen molar-refractivity contribution in [3.8, 4) is 0 Å². The molecule has 0 saturated heterocycles. The third kappa shape index (κ3) is 4.93. The fraction of sp³-hybridized carbons (Fsp3) is 0.105. The minimum atomic E-state index is -0.536. The van der Waals surface area contributed by atoms with E-state index >= 15 is 0 Å². The molecular weight excluding hydrogens is 447 g/mol. The summed E-state index contributed by atoms with van der Waals surface area (Å²) in [6.07, 6.45) is 5.62. The second kappa shape index (κ2) is 8.62. The van der Waals surface area contributed by atoms with Gasteiger partial charge in [-0.15, -0.1) is 0 Å². The number of nitrogens with one attached hydrogen (secondary N) is 1. The Morgan fingerprint density at radius 3 is 2.58 bits per heavy atom. The number of furan rings is 1. The Labute approximate surface area is 185 Å². The smallest absolute Gasteiger partial charge is 0.307 e. The molecule has 1 N–H and O–H groups in total. The first-order chi connectivity index (χ1) is 14.9. The van der Waals surface area contributed by atoms with Gasteiger partial charge in [0.15, 0.2) is 5.76 Å². The van der Waals surface area contributed by atoms with Crippen LogP contribution in [0.15, 0.2) is 59.5 Å². The van der Waals surface area contributed by atoms with Crippen LogP contribution in [0.2, 0.25) is 10.0 Å². The number of anilines is 1. The number of carbonyl (C=O) groups is 1. The van der Waals surface area contributed by atoms with E-state index in [9.17, 15) is 14.9 Å². The van der Waals surface area contributed by atoms with Gasteiger partial charge in [-0.3, -0.25) is 24.3 Å². The third-order valence-electron chi connectivity index (χ3n) is 4.25. The number of halogens is 2. The molecule has 1 amide bonds. The zero-order valence-corrected chi connectivity index (χ0v) is 17.2. The number of amides is 1. The number of nitrogens with zero attached hydrogens (tertiary/aromatic N) is 5. The van der Waals surface area contributed by atoms with Crippen molar-refractivity contribution in [2.24, 2.45) is 0 Å². The van der Waals surface area contributed by atoms with E-state index < -0.39 is 10.8 Å². The van der Waals surface area contributed by atoms with Gasteiger partial charge in [0, 0.05) is 6.20 Å². The molecule has 0 aliphatic carbocycles. The molecule has 0 saturated carbocycles. The van der Waals surface area contributed by atoms with Crippen LogP contribution in [0, 0.1) is 10.1 Å². The lowest BCUT2D eigenvalue weighted by Gasteiger charge is -2.03. The Kier molecular flexibility index (Phi) is 5.74. The molecule has 0 unspecified atom stereocenters. The zero-order chi connectivity index (χ0) is 22.0. The van der Waals surface area contributed by atoms with E-state index in [1.165, 1.54) is 23.1 Å². The highest BCUT2D eigenvalue weighted by Crippen LogP contribution is 2.23. The number of hydrogen-bond donors (Lipinski definition) is 1. The van der Waals surface area contributed by atoms with Gasteiger partial charge in [0.2, 0.25) is 0 Å². The van der Waals surface area contributed by atoms with E-state index in [4.69, 9.17) is 27.6 Å². The lowest BCUT2D eigenvalue weighted by Crippen LogP contribution is -2.10. The van der Waals surface area contributed by atoms with Crippen molar-refractivity contribution < 1.29 is 14.1 Å². The summed E-state index contributed by atoms with van der Waals surface area (Å²) in [7, 11) is 0. The van der Waals surface area contributed by atoms with Crippen molar-refractivity contribution in [2.75, 3.05) is 5.32 Å². The Bertz CT molecular complexity index is 1260. The SMILES string of the molecule is O=C(Nc1cnn(Cc2ccc(Cl)c(Cl)c2)c1)c1ccc(Cn2cc([N+](=O)[O-])cn2)o1. The van der Waals surface area contributed by atoms with Crippen LogP contribution >= 0.6 is 23.2 Å². The van der Waals surface area contributed by atoms with Crippen molar-refractivity contribution in [3.05, 3.63) is 92.4 Å². The summed E-state index contributed by atoms with van der Waals surface area (Å²) < 4.78 is 8.52. The van der Waals surface area contributed by atoms with Crippen molar-refractivity contribution in [2.45, 2.75) is 13.1 Å². The van der Waals surface area contributed by atoms with Gasteiger partial charge in [-0.2, -0.15) is 10.2 Å². The summed E-state index contributed by atoms with van der Waals surface area (Å²) in [5.74, 6) is 0.0686. The number of benzene rings is 1. The highest BCUT2D eigenvalue weighted by atomic mass is 35.5. The van der Waals surface area contributed by atoms with Crippen LogP contribution in [0.5, 0.6) is 0 Å². The standard InChI is InChI=1S/C19H14Cl2N6O4/c20-16-3-1-12(5-17(16)21)8-25-9-13(6-22-25)24-19(28)18-4-2-15(31-18)11-26-10-14(7-23-26)27(29)30/h1-7,9-10H,8,11H2,(H,24,28). The summed E-state index contributed by atoms with van der Waals surface area (Å²) in [5, 5.41) is 22.5. The summed E-state index contributed by atoms with van der Waals surface area (Å²) in [6.45, 7) is 0.608. The summed E-state index contributed by atoms with van der Waals surface area (Å²) in [5.41, 5.74) is 1.28. The van der Waals surface area contributed by atoms with E-state index in [1.54, 1.807) is 29.1 Å². The third-order valence-corrected chi connectivity index (χ3v) is 4.99. The summed E-state index contributed by atoms with van der Waals surface area (Å²) in [6, 6.07) is 8.43. The highest BCUT2D eigenvalue weighted by Gasteiger charge is 2.15. The minimum absolute atomic E-state index is 0.0916. The average Bonchev–Trinajstić information content (AvgIpc) is 3.47. The Morgan fingerprint density at radius 2 is 1.84 bits per heavy atom. The van der Waals surface area contributed by atoms with E-state index in [0.29, 0.717) is 28.0 Å². The second-order valence-electron chi connectivity index (χ2n) is 6.55. The molecule has 0 atom stereocenters. The van der Waals surface area contributed by atoms with Gasteiger partial charge < -0.3 is 9.73 Å². The molecule has 0 radical (unpaired) electrons. The monoisotopic (exact) mass is 460 g/mol. The molecule has 0 fully saturated rings. The highest BCUT2D eigenvalue weighted by molar-refractivity contribution is 6.42. The van der Waals surface area contributed by atoms with Gasteiger partial charge in [0.25, 0.3) is 5.91 Å². The lowest BCUT2D eigenvalue weighted by molar-refractivity contribution is -0.385. The average molecular weight is 461 g/mol. The van der Waals surface area contributed by atoms with E-state index in [-0.39, 0.29) is 18.0 Å². The van der Waals surface area contributed by atoms with Crippen molar-refractivity contribution in [1.29, 1.82) is 0 Å². The normalized spacial score (nSPS) is 10.9. The van der Waals surface area contributed by atoms with Crippen molar-refractivity contribution in [1.82, 2.24) is 19.6 Å². The van der Waals surface area contributed by atoms with Crippen LogP contribution in [0.1, 0.15) is 21.9 Å². The fourth-order valence-electron chi connectivity index (χ4n) is 2.81. The van der Waals surface area contributed by atoms with E-state index in [0.717, 1.165) is 11.8 Å².